The molecule has 2 aliphatic heterocycles. The summed E-state index contributed by atoms with van der Waals surface area (Å²) in [5.74, 6) is 0.0137. The maximum absolute atomic E-state index is 13.5. The van der Waals surface area contributed by atoms with Crippen molar-refractivity contribution < 1.29 is 17.7 Å². The van der Waals surface area contributed by atoms with Crippen LogP contribution in [0.25, 0.3) is 6.08 Å². The number of rotatable bonds is 5. The first-order valence-electron chi connectivity index (χ1n) is 11.8. The van der Waals surface area contributed by atoms with Crippen molar-refractivity contribution in [1.29, 1.82) is 5.26 Å². The molecule has 2 fully saturated rings. The molecule has 3 heterocycles. The number of nitrogens with zero attached hydrogens (tertiary/aromatic N) is 5. The van der Waals surface area contributed by atoms with E-state index in [1.807, 2.05) is 22.8 Å². The summed E-state index contributed by atoms with van der Waals surface area (Å²) in [6.07, 6.45) is 5.02. The summed E-state index contributed by atoms with van der Waals surface area (Å²) in [6, 6.07) is 8.51. The third-order valence-corrected chi connectivity index (χ3v) is 7.67. The van der Waals surface area contributed by atoms with E-state index in [1.54, 1.807) is 0 Å². The quantitative estimate of drug-likeness (QED) is 0.620. The van der Waals surface area contributed by atoms with E-state index in [0.29, 0.717) is 51.3 Å². The Labute approximate surface area is 206 Å². The zero-order valence-corrected chi connectivity index (χ0v) is 21.0. The van der Waals surface area contributed by atoms with Gasteiger partial charge in [0.15, 0.2) is 15.7 Å². The molecule has 2 amide bonds. The van der Waals surface area contributed by atoms with Gasteiger partial charge in [-0.1, -0.05) is 36.0 Å². The summed E-state index contributed by atoms with van der Waals surface area (Å²) in [7, 11) is -3.29. The summed E-state index contributed by atoms with van der Waals surface area (Å²) in [6.45, 7) is 8.04. The van der Waals surface area contributed by atoms with Crippen LogP contribution in [0.2, 0.25) is 0 Å². The van der Waals surface area contributed by atoms with Gasteiger partial charge in [0.05, 0.1) is 12.0 Å². The van der Waals surface area contributed by atoms with Crippen molar-refractivity contribution in [3.05, 3.63) is 53.2 Å². The lowest BCUT2D eigenvalue weighted by Crippen LogP contribution is -2.51. The van der Waals surface area contributed by atoms with E-state index in [9.17, 15) is 18.5 Å². The number of likely N-dealkylation sites (tertiary alicyclic amines) is 2. The summed E-state index contributed by atoms with van der Waals surface area (Å²) in [5, 5.41) is 13.1. The minimum Gasteiger partial charge on any atom is -0.339 e. The van der Waals surface area contributed by atoms with Crippen molar-refractivity contribution in [2.45, 2.75) is 43.8 Å². The molecule has 2 unspecified atom stereocenters. The molecule has 10 heteroatoms. The average molecular weight is 498 g/mol. The molecule has 1 aromatic carbocycles. The lowest BCUT2D eigenvalue weighted by Gasteiger charge is -2.40. The second-order valence-corrected chi connectivity index (χ2v) is 11.8. The Hall–Kier alpha value is -3.19. The van der Waals surface area contributed by atoms with Gasteiger partial charge in [0.2, 0.25) is 5.89 Å². The van der Waals surface area contributed by atoms with E-state index >= 15 is 0 Å². The number of amides is 2. The highest BCUT2D eigenvalue weighted by Gasteiger charge is 2.37. The van der Waals surface area contributed by atoms with E-state index in [1.165, 1.54) is 0 Å². The first-order valence-corrected chi connectivity index (χ1v) is 13.9. The van der Waals surface area contributed by atoms with Gasteiger partial charge in [-0.15, -0.1) is 0 Å². The van der Waals surface area contributed by atoms with Crippen molar-refractivity contribution in [3.63, 3.8) is 0 Å². The Morgan fingerprint density at radius 3 is 2.63 bits per heavy atom. The molecule has 0 bridgehead atoms. The van der Waals surface area contributed by atoms with Gasteiger partial charge in [0, 0.05) is 44.3 Å². The van der Waals surface area contributed by atoms with Gasteiger partial charge in [-0.05, 0) is 42.9 Å². The number of hydrogen-bond acceptors (Lipinski definition) is 7. The third-order valence-electron chi connectivity index (χ3n) is 6.89. The highest BCUT2D eigenvalue weighted by Crippen LogP contribution is 2.37. The second kappa shape index (κ2) is 10.2. The molecular weight excluding hydrogens is 466 g/mol. The molecule has 2 atom stereocenters. The number of nitriles is 1. The van der Waals surface area contributed by atoms with Gasteiger partial charge in [-0.3, -0.25) is 0 Å². The first-order chi connectivity index (χ1) is 16.7. The van der Waals surface area contributed by atoms with Crippen LogP contribution in [-0.2, 0) is 15.6 Å². The van der Waals surface area contributed by atoms with Crippen LogP contribution in [-0.4, -0.2) is 66.8 Å². The van der Waals surface area contributed by atoms with E-state index in [2.05, 4.69) is 41.0 Å². The molecule has 186 valence electrons. The number of benzene rings is 1. The molecule has 35 heavy (non-hydrogen) atoms. The lowest BCUT2D eigenvalue weighted by molar-refractivity contribution is 0.116. The standard InChI is InChI=1S/C25H31N5O4S/c1-4-19-11-20(6-5-17(19)2)21-12-22(24-27-23(28-34-24)16-35(3,32)33)15-30(14-21)25(31)29-9-7-18(13-26)8-10-29/h4-6,11,18,21-22H,1,7-10,12,14-16H2,2-3H3. The minimum atomic E-state index is -3.29. The second-order valence-electron chi connectivity index (χ2n) is 9.65. The van der Waals surface area contributed by atoms with Crippen LogP contribution in [0.5, 0.6) is 0 Å². The number of aromatic nitrogens is 2. The number of aryl methyl sites for hydroxylation is 1. The van der Waals surface area contributed by atoms with Crippen molar-refractivity contribution >= 4 is 21.9 Å². The van der Waals surface area contributed by atoms with Gasteiger partial charge in [0.1, 0.15) is 5.75 Å². The fourth-order valence-corrected chi connectivity index (χ4v) is 5.52. The summed E-state index contributed by atoms with van der Waals surface area (Å²) < 4.78 is 28.8. The molecule has 2 saturated heterocycles. The van der Waals surface area contributed by atoms with E-state index < -0.39 is 9.84 Å². The fourth-order valence-electron chi connectivity index (χ4n) is 4.93. The van der Waals surface area contributed by atoms with Crippen LogP contribution in [0.4, 0.5) is 4.79 Å². The number of piperidine rings is 2. The minimum absolute atomic E-state index is 0.00237. The molecule has 0 aliphatic carbocycles. The third kappa shape index (κ3) is 5.90. The van der Waals surface area contributed by atoms with Crippen LogP contribution in [0.3, 0.4) is 0 Å². The number of carbonyl (C=O) groups is 1. The van der Waals surface area contributed by atoms with Gasteiger partial charge < -0.3 is 14.3 Å². The van der Waals surface area contributed by atoms with Gasteiger partial charge in [0.25, 0.3) is 0 Å². The summed E-state index contributed by atoms with van der Waals surface area (Å²) in [5.41, 5.74) is 3.29. The smallest absolute Gasteiger partial charge is 0.320 e. The number of hydrogen-bond donors (Lipinski definition) is 0. The Morgan fingerprint density at radius 2 is 1.97 bits per heavy atom. The van der Waals surface area contributed by atoms with Crippen LogP contribution in [0.1, 0.15) is 59.5 Å². The van der Waals surface area contributed by atoms with Crippen LogP contribution in [0.15, 0.2) is 29.3 Å². The normalized spacial score (nSPS) is 21.5. The first kappa shape index (κ1) is 24.9. The zero-order chi connectivity index (χ0) is 25.2. The number of sulfone groups is 1. The monoisotopic (exact) mass is 497 g/mol. The van der Waals surface area contributed by atoms with Crippen molar-refractivity contribution in [3.8, 4) is 6.07 Å². The van der Waals surface area contributed by atoms with Gasteiger partial charge in [-0.25, -0.2) is 13.2 Å². The van der Waals surface area contributed by atoms with E-state index in [-0.39, 0.29) is 35.4 Å². The van der Waals surface area contributed by atoms with Gasteiger partial charge in [-0.2, -0.15) is 10.2 Å². The Balaban J connectivity index is 1.60. The molecule has 2 aromatic rings. The Kier molecular flexibility index (Phi) is 7.26. The summed E-state index contributed by atoms with van der Waals surface area (Å²) in [4.78, 5) is 21.5. The zero-order valence-electron chi connectivity index (χ0n) is 20.2. The van der Waals surface area contributed by atoms with Crippen molar-refractivity contribution in [2.75, 3.05) is 32.4 Å². The Morgan fingerprint density at radius 1 is 1.26 bits per heavy atom. The van der Waals surface area contributed by atoms with Crippen LogP contribution >= 0.6 is 0 Å². The predicted octanol–water partition coefficient (Wildman–Crippen LogP) is 3.49. The average Bonchev–Trinajstić information content (AvgIpc) is 3.30. The maximum atomic E-state index is 13.5. The summed E-state index contributed by atoms with van der Waals surface area (Å²) >= 11 is 0. The Bertz CT molecular complexity index is 1240. The van der Waals surface area contributed by atoms with Crippen LogP contribution in [0, 0.1) is 24.2 Å². The van der Waals surface area contributed by atoms with Crippen molar-refractivity contribution in [1.82, 2.24) is 19.9 Å². The molecule has 0 radical (unpaired) electrons. The molecule has 2 aliphatic rings. The molecule has 0 spiro atoms. The van der Waals surface area contributed by atoms with Gasteiger partial charge >= 0.3 is 6.03 Å². The maximum Gasteiger partial charge on any atom is 0.320 e. The largest absolute Gasteiger partial charge is 0.339 e. The molecule has 1 aromatic heterocycles. The lowest BCUT2D eigenvalue weighted by atomic mass is 9.83. The van der Waals surface area contributed by atoms with E-state index in [4.69, 9.17) is 4.52 Å². The molecule has 9 nitrogen and oxygen atoms in total. The number of urea groups is 1. The molecular formula is C25H31N5O4S. The molecule has 0 N–H and O–H groups in total. The fraction of sp³-hybridized carbons (Fsp3) is 0.520. The molecule has 0 saturated carbocycles. The SMILES string of the molecule is C=Cc1cc(C2CC(c3nc(CS(C)(=O)=O)no3)CN(C(=O)N3CCC(C#N)CC3)C2)ccc1C. The van der Waals surface area contributed by atoms with Crippen molar-refractivity contribution in [2.24, 2.45) is 5.92 Å². The predicted molar refractivity (Wildman–Crippen MR) is 131 cm³/mol. The van der Waals surface area contributed by atoms with E-state index in [0.717, 1.165) is 22.9 Å². The topological polar surface area (TPSA) is 120 Å². The highest BCUT2D eigenvalue weighted by atomic mass is 32.2. The molecule has 4 rings (SSSR count). The van der Waals surface area contributed by atoms with Crippen LogP contribution < -0.4 is 0 Å². The number of carbonyl (C=O) groups excluding carboxylic acids is 1. The highest BCUT2D eigenvalue weighted by molar-refractivity contribution is 7.89.